The minimum Gasteiger partial charge on any atom is -0.398 e. The molecule has 1 saturated carbocycles. The zero-order valence-corrected chi connectivity index (χ0v) is 13.1. The number of halogens is 1. The van der Waals surface area contributed by atoms with E-state index in [1.54, 1.807) is 23.1 Å². The molecular formula is C15H22ClN3O. The second kappa shape index (κ2) is 5.62. The van der Waals surface area contributed by atoms with Crippen molar-refractivity contribution in [3.05, 3.63) is 28.8 Å². The van der Waals surface area contributed by atoms with Crippen molar-refractivity contribution in [2.45, 2.75) is 24.8 Å². The molecule has 0 bridgehead atoms. The number of nitrogens with two attached hydrogens (primary N) is 1. The van der Waals surface area contributed by atoms with Crippen LogP contribution in [-0.2, 0) is 0 Å². The molecule has 4 nitrogen and oxygen atoms in total. The average Bonchev–Trinajstić information content (AvgIpc) is 2.35. The number of hydrogen-bond acceptors (Lipinski definition) is 3. The quantitative estimate of drug-likeness (QED) is 0.868. The number of anilines is 1. The minimum atomic E-state index is -0.0139. The lowest BCUT2D eigenvalue weighted by Gasteiger charge is -2.49. The van der Waals surface area contributed by atoms with Crippen molar-refractivity contribution >= 4 is 23.2 Å². The van der Waals surface area contributed by atoms with E-state index >= 15 is 0 Å². The molecular weight excluding hydrogens is 274 g/mol. The van der Waals surface area contributed by atoms with E-state index in [2.05, 4.69) is 19.0 Å². The van der Waals surface area contributed by atoms with Gasteiger partial charge in [0.25, 0.3) is 5.91 Å². The molecule has 2 rings (SSSR count). The van der Waals surface area contributed by atoms with Gasteiger partial charge in [0.2, 0.25) is 0 Å². The van der Waals surface area contributed by atoms with E-state index in [9.17, 15) is 4.79 Å². The van der Waals surface area contributed by atoms with Crippen LogP contribution in [0, 0.1) is 0 Å². The van der Waals surface area contributed by atoms with Crippen molar-refractivity contribution in [2.24, 2.45) is 0 Å². The number of nitrogen functional groups attached to an aromatic ring is 1. The highest BCUT2D eigenvalue weighted by Gasteiger charge is 2.40. The van der Waals surface area contributed by atoms with Crippen LogP contribution in [0.1, 0.15) is 29.6 Å². The molecule has 0 atom stereocenters. The van der Waals surface area contributed by atoms with Gasteiger partial charge in [0.05, 0.1) is 10.7 Å². The van der Waals surface area contributed by atoms with E-state index in [4.69, 9.17) is 17.3 Å². The van der Waals surface area contributed by atoms with E-state index in [0.29, 0.717) is 16.3 Å². The summed E-state index contributed by atoms with van der Waals surface area (Å²) in [6, 6.07) is 5.04. The second-order valence-corrected chi connectivity index (χ2v) is 6.28. The Balaban J connectivity index is 2.10. The fourth-order valence-electron chi connectivity index (χ4n) is 2.73. The molecule has 0 unspecified atom stereocenters. The molecule has 1 aromatic carbocycles. The Morgan fingerprint density at radius 2 is 2.00 bits per heavy atom. The molecule has 1 amide bonds. The van der Waals surface area contributed by atoms with Gasteiger partial charge < -0.3 is 15.5 Å². The first-order valence-corrected chi connectivity index (χ1v) is 7.21. The topological polar surface area (TPSA) is 49.6 Å². The molecule has 20 heavy (non-hydrogen) atoms. The Morgan fingerprint density at radius 3 is 2.45 bits per heavy atom. The lowest BCUT2D eigenvalue weighted by molar-refractivity contribution is 0.0252. The first kappa shape index (κ1) is 15.1. The first-order valence-electron chi connectivity index (χ1n) is 6.84. The van der Waals surface area contributed by atoms with Gasteiger partial charge in [-0.15, -0.1) is 0 Å². The molecule has 0 heterocycles. The lowest BCUT2D eigenvalue weighted by atomic mass is 9.75. The zero-order valence-electron chi connectivity index (χ0n) is 12.3. The van der Waals surface area contributed by atoms with Crippen LogP contribution in [0.25, 0.3) is 0 Å². The minimum absolute atomic E-state index is 0.0139. The third-order valence-corrected chi connectivity index (χ3v) is 4.69. The number of benzene rings is 1. The van der Waals surface area contributed by atoms with Crippen LogP contribution < -0.4 is 5.73 Å². The van der Waals surface area contributed by atoms with Crippen LogP contribution in [0.3, 0.4) is 0 Å². The number of likely N-dealkylation sites (N-methyl/N-ethyl adjacent to an activating group) is 2. The molecule has 1 aromatic rings. The largest absolute Gasteiger partial charge is 0.398 e. The fourth-order valence-corrected chi connectivity index (χ4v) is 2.91. The van der Waals surface area contributed by atoms with Gasteiger partial charge in [0.15, 0.2) is 0 Å². The van der Waals surface area contributed by atoms with E-state index in [1.165, 1.54) is 6.42 Å². The summed E-state index contributed by atoms with van der Waals surface area (Å²) in [5.74, 6) is -0.0139. The molecule has 1 fully saturated rings. The van der Waals surface area contributed by atoms with Crippen molar-refractivity contribution in [3.63, 3.8) is 0 Å². The van der Waals surface area contributed by atoms with Crippen molar-refractivity contribution in [3.8, 4) is 0 Å². The van der Waals surface area contributed by atoms with E-state index in [1.807, 2.05) is 7.05 Å². The van der Waals surface area contributed by atoms with Crippen molar-refractivity contribution in [2.75, 3.05) is 33.4 Å². The first-order chi connectivity index (χ1) is 9.35. The van der Waals surface area contributed by atoms with Gasteiger partial charge in [-0.1, -0.05) is 11.6 Å². The van der Waals surface area contributed by atoms with Crippen molar-refractivity contribution in [1.29, 1.82) is 0 Å². The number of hydrogen-bond donors (Lipinski definition) is 1. The third kappa shape index (κ3) is 2.76. The summed E-state index contributed by atoms with van der Waals surface area (Å²) < 4.78 is 0. The average molecular weight is 296 g/mol. The van der Waals surface area contributed by atoms with Crippen LogP contribution in [0.4, 0.5) is 5.69 Å². The van der Waals surface area contributed by atoms with Gasteiger partial charge in [-0.3, -0.25) is 4.79 Å². The van der Waals surface area contributed by atoms with Gasteiger partial charge in [0, 0.05) is 24.7 Å². The molecule has 1 aliphatic carbocycles. The SMILES string of the molecule is CN(CC1(N(C)C)CCC1)C(=O)c1ccc(N)c(Cl)c1. The van der Waals surface area contributed by atoms with Crippen LogP contribution >= 0.6 is 11.6 Å². The molecule has 2 N–H and O–H groups in total. The normalized spacial score (nSPS) is 16.9. The predicted molar refractivity (Wildman–Crippen MR) is 83.1 cm³/mol. The van der Waals surface area contributed by atoms with Crippen LogP contribution in [0.2, 0.25) is 5.02 Å². The Bertz CT molecular complexity index is 512. The zero-order chi connectivity index (χ0) is 14.9. The standard InChI is InChI=1S/C15H22ClN3O/c1-18(2)15(7-4-8-15)10-19(3)14(20)11-5-6-13(17)12(16)9-11/h5-6,9H,4,7-8,10,17H2,1-3H3. The molecule has 0 aliphatic heterocycles. The van der Waals surface area contributed by atoms with E-state index in [0.717, 1.165) is 19.4 Å². The smallest absolute Gasteiger partial charge is 0.253 e. The summed E-state index contributed by atoms with van der Waals surface area (Å²) in [4.78, 5) is 16.5. The van der Waals surface area contributed by atoms with Crippen molar-refractivity contribution in [1.82, 2.24) is 9.80 Å². The van der Waals surface area contributed by atoms with Crippen LogP contribution in [0.5, 0.6) is 0 Å². The van der Waals surface area contributed by atoms with Crippen LogP contribution in [-0.4, -0.2) is 48.9 Å². The molecule has 0 saturated heterocycles. The second-order valence-electron chi connectivity index (χ2n) is 5.87. The summed E-state index contributed by atoms with van der Waals surface area (Å²) >= 11 is 5.98. The van der Waals surface area contributed by atoms with E-state index < -0.39 is 0 Å². The molecule has 110 valence electrons. The third-order valence-electron chi connectivity index (χ3n) is 4.36. The number of carbonyl (C=O) groups is 1. The summed E-state index contributed by atoms with van der Waals surface area (Å²) in [5.41, 5.74) is 6.88. The maximum Gasteiger partial charge on any atom is 0.253 e. The summed E-state index contributed by atoms with van der Waals surface area (Å²) in [6.45, 7) is 0.737. The summed E-state index contributed by atoms with van der Waals surface area (Å²) in [5, 5.41) is 0.426. The highest BCUT2D eigenvalue weighted by Crippen LogP contribution is 2.36. The molecule has 5 heteroatoms. The Kier molecular flexibility index (Phi) is 4.25. The van der Waals surface area contributed by atoms with Gasteiger partial charge in [-0.05, 0) is 51.6 Å². The number of nitrogens with zero attached hydrogens (tertiary/aromatic N) is 2. The fraction of sp³-hybridized carbons (Fsp3) is 0.533. The van der Waals surface area contributed by atoms with Gasteiger partial charge in [-0.25, -0.2) is 0 Å². The maximum absolute atomic E-state index is 12.5. The molecule has 0 radical (unpaired) electrons. The Morgan fingerprint density at radius 1 is 1.35 bits per heavy atom. The summed E-state index contributed by atoms with van der Waals surface area (Å²) in [6.07, 6.45) is 3.51. The van der Waals surface area contributed by atoms with Gasteiger partial charge in [0.1, 0.15) is 0 Å². The Hall–Kier alpha value is -1.26. The monoisotopic (exact) mass is 295 g/mol. The summed E-state index contributed by atoms with van der Waals surface area (Å²) in [7, 11) is 6.01. The highest BCUT2D eigenvalue weighted by molar-refractivity contribution is 6.33. The molecule has 0 aromatic heterocycles. The van der Waals surface area contributed by atoms with Crippen molar-refractivity contribution < 1.29 is 4.79 Å². The number of rotatable bonds is 4. The number of carbonyl (C=O) groups excluding carboxylic acids is 1. The van der Waals surface area contributed by atoms with Gasteiger partial charge >= 0.3 is 0 Å². The molecule has 1 aliphatic rings. The maximum atomic E-state index is 12.5. The highest BCUT2D eigenvalue weighted by atomic mass is 35.5. The number of amides is 1. The van der Waals surface area contributed by atoms with E-state index in [-0.39, 0.29) is 11.4 Å². The van der Waals surface area contributed by atoms with Crippen LogP contribution in [0.15, 0.2) is 18.2 Å². The lowest BCUT2D eigenvalue weighted by Crippen LogP contribution is -2.57. The molecule has 0 spiro atoms. The Labute approximate surface area is 125 Å². The van der Waals surface area contributed by atoms with Gasteiger partial charge in [-0.2, -0.15) is 0 Å². The predicted octanol–water partition coefficient (Wildman–Crippen LogP) is 2.48.